The van der Waals surface area contributed by atoms with Gasteiger partial charge in [-0.25, -0.2) is 13.2 Å². The summed E-state index contributed by atoms with van der Waals surface area (Å²) in [5.41, 5.74) is 5.00. The lowest BCUT2D eigenvalue weighted by Gasteiger charge is -2.10. The Morgan fingerprint density at radius 2 is 2.06 bits per heavy atom. The molecular formula is C11H13F3N2O. The fourth-order valence-corrected chi connectivity index (χ4v) is 1.23. The molecule has 0 radical (unpaired) electrons. The highest BCUT2D eigenvalue weighted by molar-refractivity contribution is 5.91. The van der Waals surface area contributed by atoms with Gasteiger partial charge < -0.3 is 11.1 Å². The van der Waals surface area contributed by atoms with E-state index in [-0.39, 0.29) is 12.5 Å². The Morgan fingerprint density at radius 1 is 1.41 bits per heavy atom. The molecule has 1 aromatic carbocycles. The molecule has 6 heteroatoms. The molecule has 1 amide bonds. The van der Waals surface area contributed by atoms with E-state index in [1.165, 1.54) is 0 Å². The number of rotatable bonds is 4. The molecule has 0 aliphatic rings. The number of carbonyl (C=O) groups excluding carboxylic acids is 1. The van der Waals surface area contributed by atoms with Gasteiger partial charge in [-0.2, -0.15) is 0 Å². The number of hydrogen-bond acceptors (Lipinski definition) is 2. The van der Waals surface area contributed by atoms with Crippen LogP contribution in [0.3, 0.4) is 0 Å². The van der Waals surface area contributed by atoms with Gasteiger partial charge in [0.1, 0.15) is 5.82 Å². The predicted molar refractivity (Wildman–Crippen MR) is 57.8 cm³/mol. The van der Waals surface area contributed by atoms with Crippen molar-refractivity contribution in [1.29, 1.82) is 0 Å². The van der Waals surface area contributed by atoms with Crippen molar-refractivity contribution in [3.63, 3.8) is 0 Å². The minimum atomic E-state index is -1.35. The third kappa shape index (κ3) is 3.74. The fourth-order valence-electron chi connectivity index (χ4n) is 1.23. The highest BCUT2D eigenvalue weighted by Gasteiger charge is 2.14. The third-order valence-electron chi connectivity index (χ3n) is 2.24. The highest BCUT2D eigenvalue weighted by Crippen LogP contribution is 2.19. The molecule has 1 atom stereocenters. The summed E-state index contributed by atoms with van der Waals surface area (Å²) in [6, 6.07) is 0.757. The van der Waals surface area contributed by atoms with Gasteiger partial charge in [0, 0.05) is 24.6 Å². The van der Waals surface area contributed by atoms with E-state index in [4.69, 9.17) is 5.73 Å². The Kier molecular flexibility index (Phi) is 4.51. The van der Waals surface area contributed by atoms with E-state index in [9.17, 15) is 18.0 Å². The summed E-state index contributed by atoms with van der Waals surface area (Å²) in [5.74, 6) is -4.17. The first-order valence-electron chi connectivity index (χ1n) is 5.14. The minimum absolute atomic E-state index is 0.0337. The molecule has 1 aromatic rings. The SMILES string of the molecule is CCC(N)CC(=O)Nc1cc(F)cc(F)c1F. The van der Waals surface area contributed by atoms with E-state index in [1.807, 2.05) is 0 Å². The van der Waals surface area contributed by atoms with E-state index < -0.39 is 29.0 Å². The molecule has 3 nitrogen and oxygen atoms in total. The zero-order valence-corrected chi connectivity index (χ0v) is 9.27. The van der Waals surface area contributed by atoms with Gasteiger partial charge >= 0.3 is 0 Å². The maximum absolute atomic E-state index is 13.2. The van der Waals surface area contributed by atoms with Gasteiger partial charge in [0.2, 0.25) is 5.91 Å². The molecule has 0 fully saturated rings. The van der Waals surface area contributed by atoms with Gasteiger partial charge in [-0.1, -0.05) is 6.92 Å². The third-order valence-corrected chi connectivity index (χ3v) is 2.24. The summed E-state index contributed by atoms with van der Waals surface area (Å²) in [7, 11) is 0. The van der Waals surface area contributed by atoms with Gasteiger partial charge in [0.15, 0.2) is 11.6 Å². The Hall–Kier alpha value is -1.56. The van der Waals surface area contributed by atoms with Crippen LogP contribution in [0.4, 0.5) is 18.9 Å². The lowest BCUT2D eigenvalue weighted by molar-refractivity contribution is -0.116. The standard InChI is InChI=1S/C11H13F3N2O/c1-2-7(15)5-10(17)16-9-4-6(12)3-8(13)11(9)14/h3-4,7H,2,5,15H2,1H3,(H,16,17). The number of nitrogens with two attached hydrogens (primary N) is 1. The van der Waals surface area contributed by atoms with Crippen LogP contribution in [-0.4, -0.2) is 11.9 Å². The molecule has 0 bridgehead atoms. The first kappa shape index (κ1) is 13.5. The van der Waals surface area contributed by atoms with Crippen LogP contribution in [0.1, 0.15) is 19.8 Å². The average Bonchev–Trinajstić information content (AvgIpc) is 2.24. The second-order valence-electron chi connectivity index (χ2n) is 3.67. The van der Waals surface area contributed by atoms with Crippen molar-refractivity contribution < 1.29 is 18.0 Å². The van der Waals surface area contributed by atoms with Gasteiger partial charge in [-0.15, -0.1) is 0 Å². The van der Waals surface area contributed by atoms with Crippen molar-refractivity contribution in [2.45, 2.75) is 25.8 Å². The van der Waals surface area contributed by atoms with Gasteiger partial charge in [-0.05, 0) is 6.42 Å². The summed E-state index contributed by atoms with van der Waals surface area (Å²) in [6.07, 6.45) is 0.543. The average molecular weight is 246 g/mol. The summed E-state index contributed by atoms with van der Waals surface area (Å²) >= 11 is 0. The Labute approximate surface area is 96.8 Å². The van der Waals surface area contributed by atoms with Crippen LogP contribution in [0.15, 0.2) is 12.1 Å². The monoisotopic (exact) mass is 246 g/mol. The normalized spacial score (nSPS) is 12.3. The second-order valence-corrected chi connectivity index (χ2v) is 3.67. The molecule has 0 heterocycles. The Bertz CT molecular complexity index is 423. The van der Waals surface area contributed by atoms with E-state index in [0.717, 1.165) is 0 Å². The number of amides is 1. The number of hydrogen-bond donors (Lipinski definition) is 2. The number of carbonyl (C=O) groups is 1. The molecule has 0 aromatic heterocycles. The summed E-state index contributed by atoms with van der Waals surface area (Å²) in [6.45, 7) is 1.79. The number of nitrogens with one attached hydrogen (secondary N) is 1. The molecule has 1 unspecified atom stereocenters. The summed E-state index contributed by atoms with van der Waals surface area (Å²) < 4.78 is 38.8. The lowest BCUT2D eigenvalue weighted by atomic mass is 10.1. The van der Waals surface area contributed by atoms with Crippen molar-refractivity contribution in [3.05, 3.63) is 29.6 Å². The number of anilines is 1. The molecule has 0 aliphatic carbocycles. The van der Waals surface area contributed by atoms with Crippen LogP contribution in [0.2, 0.25) is 0 Å². The van der Waals surface area contributed by atoms with Crippen LogP contribution in [-0.2, 0) is 4.79 Å². The van der Waals surface area contributed by atoms with E-state index in [2.05, 4.69) is 5.32 Å². The molecule has 0 spiro atoms. The zero-order chi connectivity index (χ0) is 13.0. The molecule has 0 saturated carbocycles. The second kappa shape index (κ2) is 5.67. The fraction of sp³-hybridized carbons (Fsp3) is 0.364. The van der Waals surface area contributed by atoms with Gasteiger partial charge in [-0.3, -0.25) is 4.79 Å². The van der Waals surface area contributed by atoms with Crippen LogP contribution in [0.5, 0.6) is 0 Å². The van der Waals surface area contributed by atoms with Crippen LogP contribution < -0.4 is 11.1 Å². The lowest BCUT2D eigenvalue weighted by Crippen LogP contribution is -2.26. The van der Waals surface area contributed by atoms with Crippen molar-refractivity contribution in [3.8, 4) is 0 Å². The van der Waals surface area contributed by atoms with Gasteiger partial charge in [0.05, 0.1) is 5.69 Å². The maximum Gasteiger partial charge on any atom is 0.226 e. The first-order chi connectivity index (χ1) is 7.93. The van der Waals surface area contributed by atoms with Gasteiger partial charge in [0.25, 0.3) is 0 Å². The number of benzene rings is 1. The Morgan fingerprint density at radius 3 is 2.65 bits per heavy atom. The maximum atomic E-state index is 13.2. The molecule has 17 heavy (non-hydrogen) atoms. The topological polar surface area (TPSA) is 55.1 Å². The molecule has 3 N–H and O–H groups in total. The van der Waals surface area contributed by atoms with Crippen LogP contribution in [0, 0.1) is 17.5 Å². The zero-order valence-electron chi connectivity index (χ0n) is 9.27. The predicted octanol–water partition coefficient (Wildman–Crippen LogP) is 2.17. The Balaban J connectivity index is 2.78. The molecule has 1 rings (SSSR count). The van der Waals surface area contributed by atoms with E-state index >= 15 is 0 Å². The number of halogens is 3. The summed E-state index contributed by atoms with van der Waals surface area (Å²) in [4.78, 5) is 11.4. The minimum Gasteiger partial charge on any atom is -0.327 e. The molecule has 0 saturated heterocycles. The smallest absolute Gasteiger partial charge is 0.226 e. The highest BCUT2D eigenvalue weighted by atomic mass is 19.2. The molecular weight excluding hydrogens is 233 g/mol. The van der Waals surface area contributed by atoms with E-state index in [0.29, 0.717) is 18.6 Å². The van der Waals surface area contributed by atoms with Crippen LogP contribution in [0.25, 0.3) is 0 Å². The van der Waals surface area contributed by atoms with Crippen LogP contribution >= 0.6 is 0 Å². The van der Waals surface area contributed by atoms with Crippen molar-refractivity contribution in [2.24, 2.45) is 5.73 Å². The van der Waals surface area contributed by atoms with Crippen molar-refractivity contribution in [2.75, 3.05) is 5.32 Å². The largest absolute Gasteiger partial charge is 0.327 e. The quantitative estimate of drug-likeness (QED) is 0.800. The van der Waals surface area contributed by atoms with Crippen molar-refractivity contribution >= 4 is 11.6 Å². The molecule has 94 valence electrons. The summed E-state index contributed by atoms with van der Waals surface area (Å²) in [5, 5.41) is 2.08. The van der Waals surface area contributed by atoms with E-state index in [1.54, 1.807) is 6.92 Å². The molecule has 0 aliphatic heterocycles. The first-order valence-corrected chi connectivity index (χ1v) is 5.14. The van der Waals surface area contributed by atoms with Crippen molar-refractivity contribution in [1.82, 2.24) is 0 Å².